The molecule has 5 aromatic rings. The zero-order valence-electron chi connectivity index (χ0n) is 23.8. The third-order valence-electron chi connectivity index (χ3n) is 7.98. The molecule has 224 valence electrons. The van der Waals surface area contributed by atoms with Gasteiger partial charge in [0.1, 0.15) is 17.9 Å². The number of aromatic nitrogens is 2. The fourth-order valence-electron chi connectivity index (χ4n) is 5.61. The number of hydrogen-bond donors (Lipinski definition) is 2. The lowest BCUT2D eigenvalue weighted by molar-refractivity contribution is -0.136. The largest absolute Gasteiger partial charge is 0.489 e. The highest BCUT2D eigenvalue weighted by Crippen LogP contribution is 2.60. The Morgan fingerprint density at radius 1 is 0.837 bits per heavy atom. The third-order valence-corrected chi connectivity index (χ3v) is 9.99. The summed E-state index contributed by atoms with van der Waals surface area (Å²) < 4.78 is 61.7. The van der Waals surface area contributed by atoms with E-state index in [-0.39, 0.29) is 18.7 Å². The number of halogens is 3. The van der Waals surface area contributed by atoms with Crippen LogP contribution in [0.1, 0.15) is 48.9 Å². The molecule has 2 N–H and O–H groups in total. The van der Waals surface area contributed by atoms with Crippen molar-refractivity contribution in [2.45, 2.75) is 51.2 Å². The van der Waals surface area contributed by atoms with E-state index in [1.807, 2.05) is 36.4 Å². The van der Waals surface area contributed by atoms with E-state index < -0.39 is 24.5 Å². The van der Waals surface area contributed by atoms with Crippen molar-refractivity contribution >= 4 is 18.5 Å². The first-order valence-electron chi connectivity index (χ1n) is 14.0. The fourth-order valence-corrected chi connectivity index (χ4v) is 6.91. The molecule has 4 aromatic carbocycles. The van der Waals surface area contributed by atoms with E-state index in [1.165, 1.54) is 6.07 Å². The van der Waals surface area contributed by atoms with Gasteiger partial charge in [-0.05, 0) is 47.7 Å². The first-order valence-corrected chi connectivity index (χ1v) is 15.6. The van der Waals surface area contributed by atoms with Crippen molar-refractivity contribution in [3.63, 3.8) is 0 Å². The van der Waals surface area contributed by atoms with E-state index in [0.717, 1.165) is 17.2 Å². The second kappa shape index (κ2) is 12.0. The molecular weight excluding hydrogens is 576 g/mol. The number of alkyl halides is 3. The van der Waals surface area contributed by atoms with Crippen LogP contribution in [0.2, 0.25) is 0 Å². The van der Waals surface area contributed by atoms with Crippen LogP contribution >= 0.6 is 7.60 Å². The maximum Gasteiger partial charge on any atom is 0.418 e. The molecule has 0 bridgehead atoms. The smallest absolute Gasteiger partial charge is 0.418 e. The Balaban J connectivity index is 1.46. The molecule has 0 atom stereocenters. The van der Waals surface area contributed by atoms with Gasteiger partial charge in [0.2, 0.25) is 0 Å². The Kier molecular flexibility index (Phi) is 8.52. The maximum atomic E-state index is 13.9. The molecule has 0 spiro atoms. The Bertz CT molecular complexity index is 1760. The number of ether oxygens (including phenoxy) is 1. The van der Waals surface area contributed by atoms with E-state index in [0.29, 0.717) is 40.8 Å². The molecular formula is C33H32F3N2O4P. The summed E-state index contributed by atoms with van der Waals surface area (Å²) in [6, 6.07) is 27.7. The monoisotopic (exact) mass is 608 g/mol. The van der Waals surface area contributed by atoms with Crippen molar-refractivity contribution in [3.05, 3.63) is 119 Å². The van der Waals surface area contributed by atoms with Crippen LogP contribution in [-0.4, -0.2) is 19.6 Å². The number of benzene rings is 4. The quantitative estimate of drug-likeness (QED) is 0.155. The number of hydrogen-bond acceptors (Lipinski definition) is 3. The van der Waals surface area contributed by atoms with Gasteiger partial charge in [0.25, 0.3) is 0 Å². The third kappa shape index (κ3) is 6.11. The summed E-state index contributed by atoms with van der Waals surface area (Å²) >= 11 is 0. The first kappa shape index (κ1) is 30.5. The fraction of sp³-hybridized carbons (Fsp3) is 0.242. The molecule has 43 heavy (non-hydrogen) atoms. The van der Waals surface area contributed by atoms with Crippen molar-refractivity contribution in [3.8, 4) is 17.0 Å². The summed E-state index contributed by atoms with van der Waals surface area (Å²) in [6.45, 7) is 4.01. The molecule has 0 aliphatic heterocycles. The highest BCUT2D eigenvalue weighted by Gasteiger charge is 2.45. The van der Waals surface area contributed by atoms with Crippen molar-refractivity contribution in [1.82, 2.24) is 9.78 Å². The van der Waals surface area contributed by atoms with Gasteiger partial charge in [-0.2, -0.15) is 18.3 Å². The second-order valence-corrected chi connectivity index (χ2v) is 12.4. The van der Waals surface area contributed by atoms with E-state index in [9.17, 15) is 27.5 Å². The topological polar surface area (TPSA) is 84.6 Å². The number of nitrogens with zero attached hydrogens (tertiary/aromatic N) is 2. The number of rotatable bonds is 10. The summed E-state index contributed by atoms with van der Waals surface area (Å²) in [5.74, 6) is 0.515. The molecule has 0 aliphatic rings. The highest BCUT2D eigenvalue weighted by molar-refractivity contribution is 7.53. The average Bonchev–Trinajstić information content (AvgIpc) is 3.35. The van der Waals surface area contributed by atoms with Gasteiger partial charge in [0.15, 0.2) is 0 Å². The molecule has 5 rings (SSSR count). The van der Waals surface area contributed by atoms with Crippen LogP contribution in [0.5, 0.6) is 5.75 Å². The predicted octanol–water partition coefficient (Wildman–Crippen LogP) is 8.54. The Hall–Kier alpha value is -3.91. The zero-order chi connectivity index (χ0) is 30.8. The van der Waals surface area contributed by atoms with Gasteiger partial charge in [-0.3, -0.25) is 9.25 Å². The number of fused-ring (bicyclic) bond motifs is 1. The van der Waals surface area contributed by atoms with Crippen molar-refractivity contribution < 1.29 is 32.3 Å². The van der Waals surface area contributed by atoms with Gasteiger partial charge < -0.3 is 14.5 Å². The minimum Gasteiger partial charge on any atom is -0.489 e. The van der Waals surface area contributed by atoms with Gasteiger partial charge in [0, 0.05) is 10.9 Å². The lowest BCUT2D eigenvalue weighted by Crippen LogP contribution is -2.24. The second-order valence-electron chi connectivity index (χ2n) is 10.5. The van der Waals surface area contributed by atoms with Crippen molar-refractivity contribution in [2.75, 3.05) is 0 Å². The van der Waals surface area contributed by atoms with E-state index in [4.69, 9.17) is 4.74 Å². The van der Waals surface area contributed by atoms with E-state index in [1.54, 1.807) is 67.1 Å². The highest BCUT2D eigenvalue weighted by atomic mass is 31.2. The summed E-state index contributed by atoms with van der Waals surface area (Å²) in [4.78, 5) is 20.1. The van der Waals surface area contributed by atoms with Crippen LogP contribution in [0.3, 0.4) is 0 Å². The van der Waals surface area contributed by atoms with E-state index >= 15 is 0 Å². The lowest BCUT2D eigenvalue weighted by Gasteiger charge is -2.33. The normalized spacial score (nSPS) is 12.5. The predicted molar refractivity (Wildman–Crippen MR) is 161 cm³/mol. The molecule has 0 saturated carbocycles. The minimum absolute atomic E-state index is 0.113. The van der Waals surface area contributed by atoms with Crippen LogP contribution < -0.4 is 4.74 Å². The SMILES string of the molecule is CCC(CC)(c1ccc(COc2cccc(-c3c4cccc(C(F)(F)F)c4nn3Cc3ccccc3)c2)cc1)P(=O)(O)O. The first-order chi connectivity index (χ1) is 20.5. The molecule has 0 fully saturated rings. The molecule has 0 amide bonds. The van der Waals surface area contributed by atoms with Crippen LogP contribution in [0.4, 0.5) is 13.2 Å². The van der Waals surface area contributed by atoms with Crippen molar-refractivity contribution in [1.29, 1.82) is 0 Å². The van der Waals surface area contributed by atoms with Gasteiger partial charge in [-0.15, -0.1) is 0 Å². The van der Waals surface area contributed by atoms with Gasteiger partial charge >= 0.3 is 13.8 Å². The van der Waals surface area contributed by atoms with Crippen LogP contribution in [0.25, 0.3) is 22.2 Å². The Morgan fingerprint density at radius 3 is 2.14 bits per heavy atom. The zero-order valence-corrected chi connectivity index (χ0v) is 24.6. The van der Waals surface area contributed by atoms with Gasteiger partial charge in [-0.25, -0.2) is 0 Å². The molecule has 0 radical (unpaired) electrons. The maximum absolute atomic E-state index is 13.9. The minimum atomic E-state index is -4.55. The molecule has 0 aliphatic carbocycles. The summed E-state index contributed by atoms with van der Waals surface area (Å²) in [5.41, 5.74) is 2.58. The Labute approximate surface area is 247 Å². The molecule has 0 saturated heterocycles. The van der Waals surface area contributed by atoms with Gasteiger partial charge in [-0.1, -0.05) is 92.7 Å². The standard InChI is InChI=1S/C33H32F3N2O4P/c1-3-32(4-2,43(39,40)41)26-18-16-24(17-19-26)22-42-27-13-8-12-25(20-27)31-28-14-9-15-29(33(34,35)36)30(28)37-38(31)21-23-10-6-5-7-11-23/h5-20H,3-4,21-22H2,1-2H3,(H2,39,40,41). The summed E-state index contributed by atoms with van der Waals surface area (Å²) in [7, 11) is -4.39. The molecule has 1 aromatic heterocycles. The Morgan fingerprint density at radius 2 is 1.51 bits per heavy atom. The van der Waals surface area contributed by atoms with Gasteiger partial charge in [0.05, 0.1) is 23.0 Å². The molecule has 10 heteroatoms. The van der Waals surface area contributed by atoms with Crippen LogP contribution in [0, 0.1) is 0 Å². The summed E-state index contributed by atoms with van der Waals surface area (Å²) in [6.07, 6.45) is -3.95. The molecule has 6 nitrogen and oxygen atoms in total. The van der Waals surface area contributed by atoms with Crippen LogP contribution in [-0.2, 0) is 29.0 Å². The summed E-state index contributed by atoms with van der Waals surface area (Å²) in [5, 5.41) is 3.58. The lowest BCUT2D eigenvalue weighted by atomic mass is 9.92. The van der Waals surface area contributed by atoms with E-state index in [2.05, 4.69) is 5.10 Å². The molecule has 0 unspecified atom stereocenters. The van der Waals surface area contributed by atoms with Crippen molar-refractivity contribution in [2.24, 2.45) is 0 Å². The molecule has 1 heterocycles. The van der Waals surface area contributed by atoms with Crippen LogP contribution in [0.15, 0.2) is 97.1 Å². The average molecular weight is 609 g/mol.